The molecule has 0 heterocycles. The first-order chi connectivity index (χ1) is 11.5. The molecule has 2 N–H and O–H groups in total. The number of amides is 2. The number of ether oxygens (including phenoxy) is 1. The van der Waals surface area contributed by atoms with Crippen molar-refractivity contribution in [1.29, 1.82) is 0 Å². The fraction of sp³-hybridized carbons (Fsp3) is 0.125. The maximum Gasteiger partial charge on any atom is 0.339 e. The van der Waals surface area contributed by atoms with Gasteiger partial charge in [0.25, 0.3) is 0 Å². The number of carbonyl (C=O) groups excluding carboxylic acids is 1. The molecule has 0 aliphatic rings. The minimum atomic E-state index is -0.547. The summed E-state index contributed by atoms with van der Waals surface area (Å²) in [7, 11) is 1.35. The molecule has 0 atom stereocenters. The second-order valence-corrected chi connectivity index (χ2v) is 4.83. The van der Waals surface area contributed by atoms with E-state index >= 15 is 0 Å². The zero-order valence-electron chi connectivity index (χ0n) is 13.1. The van der Waals surface area contributed by atoms with E-state index in [1.807, 2.05) is 25.1 Å². The molecule has 0 unspecified atom stereocenters. The predicted octanol–water partition coefficient (Wildman–Crippen LogP) is 3.07. The molecule has 0 aromatic heterocycles. The van der Waals surface area contributed by atoms with Gasteiger partial charge >= 0.3 is 11.7 Å². The van der Waals surface area contributed by atoms with Crippen molar-refractivity contribution in [3.63, 3.8) is 0 Å². The zero-order valence-corrected chi connectivity index (χ0v) is 13.1. The van der Waals surface area contributed by atoms with Crippen molar-refractivity contribution in [2.45, 2.75) is 6.92 Å². The van der Waals surface area contributed by atoms with Crippen molar-refractivity contribution in [3.05, 3.63) is 63.7 Å². The summed E-state index contributed by atoms with van der Waals surface area (Å²) in [5.74, 6) is 0.155. The molecule has 8 heteroatoms. The van der Waals surface area contributed by atoms with Crippen LogP contribution in [0.5, 0.6) is 5.75 Å². The number of hydrazone groups is 1. The highest BCUT2D eigenvalue weighted by Gasteiger charge is 2.14. The number of anilines is 1. The number of nitro benzene ring substituents is 1. The minimum absolute atomic E-state index is 0.155. The quantitative estimate of drug-likeness (QED) is 0.500. The van der Waals surface area contributed by atoms with Gasteiger partial charge in [-0.1, -0.05) is 18.2 Å². The van der Waals surface area contributed by atoms with E-state index in [9.17, 15) is 14.9 Å². The summed E-state index contributed by atoms with van der Waals surface area (Å²) in [6.07, 6.45) is 1.31. The summed E-state index contributed by atoms with van der Waals surface area (Å²) in [6, 6.07) is 11.2. The standard InChI is InChI=1S/C16H16N4O4/c1-11-5-3-4-6-13(11)18-16(21)19-17-10-12-7-8-15(24-2)14(9-12)20(22)23/h3-10H,1-2H3,(H2,18,19,21). The SMILES string of the molecule is COc1ccc(C=NNC(=O)Nc2ccccc2C)cc1[N+](=O)[O-]. The number of methoxy groups -OCH3 is 1. The molecule has 8 nitrogen and oxygen atoms in total. The van der Waals surface area contributed by atoms with E-state index in [4.69, 9.17) is 4.74 Å². The molecule has 0 fully saturated rings. The molecule has 0 spiro atoms. The Bertz CT molecular complexity index is 789. The van der Waals surface area contributed by atoms with Gasteiger partial charge in [0.05, 0.1) is 18.2 Å². The fourth-order valence-electron chi connectivity index (χ4n) is 1.96. The van der Waals surface area contributed by atoms with Crippen LogP contribution < -0.4 is 15.5 Å². The third kappa shape index (κ3) is 4.29. The van der Waals surface area contributed by atoms with Crippen molar-refractivity contribution in [1.82, 2.24) is 5.43 Å². The van der Waals surface area contributed by atoms with E-state index in [1.54, 1.807) is 12.1 Å². The molecule has 124 valence electrons. The highest BCUT2D eigenvalue weighted by atomic mass is 16.6. The summed E-state index contributed by atoms with van der Waals surface area (Å²) in [5.41, 5.74) is 4.17. The maximum atomic E-state index is 11.8. The van der Waals surface area contributed by atoms with Crippen LogP contribution in [-0.2, 0) is 0 Å². The van der Waals surface area contributed by atoms with Gasteiger partial charge < -0.3 is 10.1 Å². The number of benzene rings is 2. The Labute approximate surface area is 138 Å². The average molecular weight is 328 g/mol. The van der Waals surface area contributed by atoms with Gasteiger partial charge in [0.2, 0.25) is 0 Å². The summed E-state index contributed by atoms with van der Waals surface area (Å²) in [5, 5.41) is 17.4. The number of nitrogens with one attached hydrogen (secondary N) is 2. The summed E-state index contributed by atoms with van der Waals surface area (Å²) < 4.78 is 4.92. The number of hydrogen-bond donors (Lipinski definition) is 2. The van der Waals surface area contributed by atoms with Crippen molar-refractivity contribution < 1.29 is 14.5 Å². The van der Waals surface area contributed by atoms with E-state index < -0.39 is 11.0 Å². The summed E-state index contributed by atoms with van der Waals surface area (Å²) >= 11 is 0. The average Bonchev–Trinajstić information content (AvgIpc) is 2.56. The van der Waals surface area contributed by atoms with Crippen LogP contribution in [0, 0.1) is 17.0 Å². The lowest BCUT2D eigenvalue weighted by Gasteiger charge is -2.06. The van der Waals surface area contributed by atoms with Gasteiger partial charge in [-0.25, -0.2) is 10.2 Å². The molecule has 2 aromatic rings. The van der Waals surface area contributed by atoms with Crippen LogP contribution in [0.2, 0.25) is 0 Å². The van der Waals surface area contributed by atoms with Gasteiger partial charge in [0.1, 0.15) is 0 Å². The number of nitrogens with zero attached hydrogens (tertiary/aromatic N) is 2. The van der Waals surface area contributed by atoms with Gasteiger partial charge in [-0.2, -0.15) is 5.10 Å². The topological polar surface area (TPSA) is 106 Å². The Hall–Kier alpha value is -3.42. The molecule has 2 amide bonds. The lowest BCUT2D eigenvalue weighted by Crippen LogP contribution is -2.24. The van der Waals surface area contributed by atoms with Gasteiger partial charge in [-0.15, -0.1) is 0 Å². The van der Waals surface area contributed by atoms with Crippen molar-refractivity contribution in [3.8, 4) is 5.75 Å². The summed E-state index contributed by atoms with van der Waals surface area (Å²) in [6.45, 7) is 1.87. The Morgan fingerprint density at radius 3 is 2.71 bits per heavy atom. The third-order valence-corrected chi connectivity index (χ3v) is 3.17. The number of aryl methyl sites for hydroxylation is 1. The molecule has 0 saturated heterocycles. The zero-order chi connectivity index (χ0) is 17.5. The van der Waals surface area contributed by atoms with Crippen molar-refractivity contribution in [2.75, 3.05) is 12.4 Å². The minimum Gasteiger partial charge on any atom is -0.490 e. The first kappa shape index (κ1) is 16.9. The molecular weight excluding hydrogens is 312 g/mol. The van der Waals surface area contributed by atoms with E-state index in [0.717, 1.165) is 5.56 Å². The summed E-state index contributed by atoms with van der Waals surface area (Å²) in [4.78, 5) is 22.2. The number of nitro groups is 1. The van der Waals surface area contributed by atoms with Crippen molar-refractivity contribution in [2.24, 2.45) is 5.10 Å². The second-order valence-electron chi connectivity index (χ2n) is 4.83. The Kier molecular flexibility index (Phi) is 5.45. The molecule has 0 bridgehead atoms. The monoisotopic (exact) mass is 328 g/mol. The van der Waals surface area contributed by atoms with Crippen molar-refractivity contribution >= 4 is 23.6 Å². The molecule has 2 aromatic carbocycles. The van der Waals surface area contributed by atoms with Crippen LogP contribution in [0.4, 0.5) is 16.2 Å². The number of hydrogen-bond acceptors (Lipinski definition) is 5. The van der Waals surface area contributed by atoms with Gasteiger partial charge in [0.15, 0.2) is 5.75 Å². The fourth-order valence-corrected chi connectivity index (χ4v) is 1.96. The first-order valence-electron chi connectivity index (χ1n) is 6.99. The molecular formula is C16H16N4O4. The van der Waals surface area contributed by atoms with Gasteiger partial charge in [-0.3, -0.25) is 10.1 Å². The number of urea groups is 1. The lowest BCUT2D eigenvalue weighted by molar-refractivity contribution is -0.385. The van der Waals surface area contributed by atoms with Crippen LogP contribution in [0.25, 0.3) is 0 Å². The number of para-hydroxylation sites is 1. The molecule has 0 aliphatic heterocycles. The Balaban J connectivity index is 2.01. The third-order valence-electron chi connectivity index (χ3n) is 3.17. The van der Waals surface area contributed by atoms with Crippen LogP contribution in [0.3, 0.4) is 0 Å². The number of carbonyl (C=O) groups is 1. The highest BCUT2D eigenvalue weighted by molar-refractivity contribution is 5.91. The van der Waals surface area contributed by atoms with Gasteiger partial charge in [-0.05, 0) is 30.7 Å². The van der Waals surface area contributed by atoms with Crippen LogP contribution >= 0.6 is 0 Å². The Morgan fingerprint density at radius 2 is 2.04 bits per heavy atom. The van der Waals surface area contributed by atoms with E-state index in [1.165, 1.54) is 25.5 Å². The van der Waals surface area contributed by atoms with Crippen LogP contribution in [-0.4, -0.2) is 24.3 Å². The second kappa shape index (κ2) is 7.73. The molecule has 2 rings (SSSR count). The molecule has 0 radical (unpaired) electrons. The molecule has 0 aliphatic carbocycles. The highest BCUT2D eigenvalue weighted by Crippen LogP contribution is 2.26. The largest absolute Gasteiger partial charge is 0.490 e. The molecule has 24 heavy (non-hydrogen) atoms. The molecule has 0 saturated carbocycles. The predicted molar refractivity (Wildman–Crippen MR) is 90.6 cm³/mol. The lowest BCUT2D eigenvalue weighted by atomic mass is 10.2. The van der Waals surface area contributed by atoms with Gasteiger partial charge in [0, 0.05) is 17.3 Å². The smallest absolute Gasteiger partial charge is 0.339 e. The van der Waals surface area contributed by atoms with Crippen LogP contribution in [0.15, 0.2) is 47.6 Å². The maximum absolute atomic E-state index is 11.8. The van der Waals surface area contributed by atoms with E-state index in [0.29, 0.717) is 11.3 Å². The van der Waals surface area contributed by atoms with E-state index in [-0.39, 0.29) is 11.4 Å². The number of rotatable bonds is 5. The normalized spacial score (nSPS) is 10.4. The van der Waals surface area contributed by atoms with E-state index in [2.05, 4.69) is 15.8 Å². The Morgan fingerprint density at radius 1 is 1.29 bits per heavy atom. The van der Waals surface area contributed by atoms with Crippen LogP contribution in [0.1, 0.15) is 11.1 Å². The first-order valence-corrected chi connectivity index (χ1v) is 6.99.